The summed E-state index contributed by atoms with van der Waals surface area (Å²) in [7, 11) is 0. The molecule has 6 nitrogen and oxygen atoms in total. The van der Waals surface area contributed by atoms with Gasteiger partial charge in [-0.2, -0.15) is 13.2 Å². The van der Waals surface area contributed by atoms with Crippen LogP contribution in [0, 0.1) is 0 Å². The molecule has 37 heavy (non-hydrogen) atoms. The molecule has 2 N–H and O–H groups in total. The number of hydrogen-bond donors (Lipinski definition) is 2. The molecular weight excluding hydrogens is 479 g/mol. The van der Waals surface area contributed by atoms with E-state index in [9.17, 15) is 18.0 Å². The molecule has 3 aromatic rings. The van der Waals surface area contributed by atoms with Crippen LogP contribution < -0.4 is 10.2 Å². The maximum atomic E-state index is 13.2. The maximum absolute atomic E-state index is 13.2. The number of hydrogen-bond acceptors (Lipinski definition) is 4. The van der Waals surface area contributed by atoms with E-state index in [-0.39, 0.29) is 5.91 Å². The van der Waals surface area contributed by atoms with Crippen LogP contribution in [-0.4, -0.2) is 47.0 Å². The number of halogens is 3. The van der Waals surface area contributed by atoms with Crippen LogP contribution in [0.2, 0.25) is 0 Å². The number of nitrogens with one attached hydrogen (secondary N) is 2. The number of carbonyl (C=O) groups excluding carboxylic acids is 1. The van der Waals surface area contributed by atoms with E-state index in [2.05, 4.69) is 25.1 Å². The van der Waals surface area contributed by atoms with Gasteiger partial charge in [-0.1, -0.05) is 12.1 Å². The van der Waals surface area contributed by atoms with Crippen molar-refractivity contribution in [3.05, 3.63) is 83.4 Å². The number of imidazole rings is 1. The Morgan fingerprint density at radius 1 is 0.946 bits per heavy atom. The van der Waals surface area contributed by atoms with Gasteiger partial charge in [0.15, 0.2) is 0 Å². The number of nitrogens with zero attached hydrogens (tertiary/aromatic N) is 3. The van der Waals surface area contributed by atoms with Gasteiger partial charge in [-0.15, -0.1) is 0 Å². The highest BCUT2D eigenvalue weighted by atomic mass is 19.4. The fourth-order valence-corrected chi connectivity index (χ4v) is 5.06. The lowest BCUT2D eigenvalue weighted by Crippen LogP contribution is -2.46. The average Bonchev–Trinajstić information content (AvgIpc) is 3.42. The van der Waals surface area contributed by atoms with Crippen LogP contribution in [0.3, 0.4) is 0 Å². The Hall–Kier alpha value is -3.59. The molecule has 1 saturated heterocycles. The molecule has 194 valence electrons. The highest BCUT2D eigenvalue weighted by Crippen LogP contribution is 2.35. The van der Waals surface area contributed by atoms with Gasteiger partial charge in [0.2, 0.25) is 0 Å². The molecule has 1 amide bonds. The number of alkyl halides is 3. The molecule has 5 rings (SSSR count). The Balaban J connectivity index is 1.22. The monoisotopic (exact) mass is 509 g/mol. The topological polar surface area (TPSA) is 64.3 Å². The number of rotatable bonds is 6. The van der Waals surface area contributed by atoms with E-state index in [1.54, 1.807) is 6.20 Å². The van der Waals surface area contributed by atoms with E-state index in [0.717, 1.165) is 74.8 Å². The van der Waals surface area contributed by atoms with Crippen molar-refractivity contribution in [2.75, 3.05) is 36.4 Å². The molecule has 0 bridgehead atoms. The molecule has 1 aliphatic carbocycles. The van der Waals surface area contributed by atoms with Gasteiger partial charge in [-0.3, -0.25) is 9.69 Å². The standard InChI is InChI=1S/C28H30F3N5O/c29-28(30,31)21-7-5-20(6-8-21)24-3-1-2-4-25(24)27(37)34-22-9-11-23(12-10-22)36-17-15-35(16-18-36)19-26-32-13-14-33-26/h5-14H,1-4,15-19H2,(H,32,33)(H,34,37). The predicted molar refractivity (Wildman–Crippen MR) is 138 cm³/mol. The SMILES string of the molecule is O=C(Nc1ccc(N2CCN(Cc3ncc[nH]3)CC2)cc1)C1=C(c2ccc(C(F)(F)F)cc2)CCCC1. The number of piperazine rings is 1. The second kappa shape index (κ2) is 10.8. The van der Waals surface area contributed by atoms with Gasteiger partial charge >= 0.3 is 6.18 Å². The lowest BCUT2D eigenvalue weighted by molar-refractivity contribution is -0.137. The van der Waals surface area contributed by atoms with E-state index in [4.69, 9.17) is 0 Å². The normalized spacial score (nSPS) is 17.2. The first-order chi connectivity index (χ1) is 17.9. The summed E-state index contributed by atoms with van der Waals surface area (Å²) in [5, 5.41) is 2.99. The Kier molecular flexibility index (Phi) is 7.32. The number of anilines is 2. The van der Waals surface area contributed by atoms with Crippen LogP contribution in [0.5, 0.6) is 0 Å². The lowest BCUT2D eigenvalue weighted by atomic mass is 9.86. The summed E-state index contributed by atoms with van der Waals surface area (Å²) in [6.45, 7) is 4.53. The molecular formula is C28H30F3N5O. The summed E-state index contributed by atoms with van der Waals surface area (Å²) >= 11 is 0. The first-order valence-corrected chi connectivity index (χ1v) is 12.6. The van der Waals surface area contributed by atoms with Crippen molar-refractivity contribution in [1.29, 1.82) is 0 Å². The second-order valence-corrected chi connectivity index (χ2v) is 9.54. The molecule has 1 fully saturated rings. The molecule has 0 unspecified atom stereocenters. The third-order valence-electron chi connectivity index (χ3n) is 7.09. The predicted octanol–water partition coefficient (Wildman–Crippen LogP) is 5.72. The van der Waals surface area contributed by atoms with Gasteiger partial charge in [0.05, 0.1) is 12.1 Å². The van der Waals surface area contributed by atoms with Crippen molar-refractivity contribution < 1.29 is 18.0 Å². The summed E-state index contributed by atoms with van der Waals surface area (Å²) in [5.74, 6) is 0.789. The van der Waals surface area contributed by atoms with Crippen molar-refractivity contribution in [3.63, 3.8) is 0 Å². The largest absolute Gasteiger partial charge is 0.416 e. The van der Waals surface area contributed by atoms with Gasteiger partial charge in [0.1, 0.15) is 5.82 Å². The molecule has 2 aliphatic rings. The smallest absolute Gasteiger partial charge is 0.369 e. The first kappa shape index (κ1) is 25.1. The van der Waals surface area contributed by atoms with E-state index < -0.39 is 11.7 Å². The molecule has 9 heteroatoms. The zero-order chi connectivity index (χ0) is 25.8. The Bertz CT molecular complexity index is 1230. The fourth-order valence-electron chi connectivity index (χ4n) is 5.06. The number of benzene rings is 2. The van der Waals surface area contributed by atoms with Crippen LogP contribution >= 0.6 is 0 Å². The van der Waals surface area contributed by atoms with Gasteiger partial charge in [0, 0.05) is 55.5 Å². The Morgan fingerprint density at radius 3 is 2.30 bits per heavy atom. The third kappa shape index (κ3) is 6.05. The second-order valence-electron chi connectivity index (χ2n) is 9.54. The maximum Gasteiger partial charge on any atom is 0.416 e. The molecule has 0 spiro atoms. The summed E-state index contributed by atoms with van der Waals surface area (Å²) in [4.78, 5) is 25.3. The van der Waals surface area contributed by atoms with Crippen molar-refractivity contribution >= 4 is 22.9 Å². The molecule has 1 aromatic heterocycles. The zero-order valence-corrected chi connectivity index (χ0v) is 20.5. The Morgan fingerprint density at radius 2 is 1.65 bits per heavy atom. The van der Waals surface area contributed by atoms with E-state index in [0.29, 0.717) is 29.7 Å². The lowest BCUT2D eigenvalue weighted by Gasteiger charge is -2.35. The molecule has 0 atom stereocenters. The van der Waals surface area contributed by atoms with Crippen LogP contribution in [0.15, 0.2) is 66.5 Å². The van der Waals surface area contributed by atoms with Crippen LogP contribution in [0.25, 0.3) is 5.57 Å². The third-order valence-corrected chi connectivity index (χ3v) is 7.09. The van der Waals surface area contributed by atoms with Crippen molar-refractivity contribution in [2.24, 2.45) is 0 Å². The summed E-state index contributed by atoms with van der Waals surface area (Å²) in [6.07, 6.45) is 2.33. The molecule has 2 heterocycles. The number of carbonyl (C=O) groups is 1. The summed E-state index contributed by atoms with van der Waals surface area (Å²) in [5.41, 5.74) is 3.30. The minimum absolute atomic E-state index is 0.186. The molecule has 0 saturated carbocycles. The highest BCUT2D eigenvalue weighted by molar-refractivity contribution is 6.09. The number of H-pyrrole nitrogens is 1. The summed E-state index contributed by atoms with van der Waals surface area (Å²) < 4.78 is 38.9. The van der Waals surface area contributed by atoms with Crippen LogP contribution in [0.1, 0.15) is 42.6 Å². The minimum Gasteiger partial charge on any atom is -0.369 e. The minimum atomic E-state index is -4.38. The molecule has 1 aliphatic heterocycles. The summed E-state index contributed by atoms with van der Waals surface area (Å²) in [6, 6.07) is 13.0. The fraction of sp³-hybridized carbons (Fsp3) is 0.357. The zero-order valence-electron chi connectivity index (χ0n) is 20.5. The van der Waals surface area contributed by atoms with Gasteiger partial charge < -0.3 is 15.2 Å². The molecule has 2 aromatic carbocycles. The quantitative estimate of drug-likeness (QED) is 0.446. The number of allylic oxidation sites excluding steroid dienone is 1. The first-order valence-electron chi connectivity index (χ1n) is 12.6. The average molecular weight is 510 g/mol. The number of amides is 1. The van der Waals surface area contributed by atoms with Gasteiger partial charge in [-0.05, 0) is 73.2 Å². The van der Waals surface area contributed by atoms with E-state index in [1.807, 2.05) is 30.5 Å². The molecule has 0 radical (unpaired) electrons. The highest BCUT2D eigenvalue weighted by Gasteiger charge is 2.30. The van der Waals surface area contributed by atoms with Gasteiger partial charge in [0.25, 0.3) is 5.91 Å². The van der Waals surface area contributed by atoms with Crippen molar-refractivity contribution in [2.45, 2.75) is 38.4 Å². The van der Waals surface area contributed by atoms with E-state index >= 15 is 0 Å². The number of aromatic amines is 1. The Labute approximate surface area is 214 Å². The van der Waals surface area contributed by atoms with Crippen LogP contribution in [0.4, 0.5) is 24.5 Å². The van der Waals surface area contributed by atoms with Crippen molar-refractivity contribution in [1.82, 2.24) is 14.9 Å². The van der Waals surface area contributed by atoms with Crippen LogP contribution in [-0.2, 0) is 17.5 Å². The van der Waals surface area contributed by atoms with Crippen molar-refractivity contribution in [3.8, 4) is 0 Å². The van der Waals surface area contributed by atoms with Gasteiger partial charge in [-0.25, -0.2) is 4.98 Å². The van der Waals surface area contributed by atoms with E-state index in [1.165, 1.54) is 12.1 Å². The number of aromatic nitrogens is 2.